The molecule has 112 valence electrons. The van der Waals surface area contributed by atoms with Crippen LogP contribution in [-0.4, -0.2) is 19.7 Å². The number of benzene rings is 1. The summed E-state index contributed by atoms with van der Waals surface area (Å²) >= 11 is 0. The Morgan fingerprint density at radius 1 is 1.29 bits per heavy atom. The number of hydrogen-bond donors (Lipinski definition) is 2. The molecule has 0 aliphatic rings. The second kappa shape index (κ2) is 6.09. The molecule has 0 amide bonds. The number of pyridine rings is 1. The Hall–Kier alpha value is -2.15. The highest BCUT2D eigenvalue weighted by Crippen LogP contribution is 2.24. The predicted octanol–water partition coefficient (Wildman–Crippen LogP) is 2.77. The summed E-state index contributed by atoms with van der Waals surface area (Å²) in [5.41, 5.74) is 1.50. The molecule has 1 unspecified atom stereocenters. The third kappa shape index (κ3) is 4.42. The molecule has 1 aromatic heterocycles. The Morgan fingerprint density at radius 2 is 2.05 bits per heavy atom. The van der Waals surface area contributed by atoms with E-state index in [0.717, 1.165) is 11.8 Å². The fraction of sp³-hybridized carbons (Fsp3) is 0.214. The SMILES string of the molecule is CC(Nc1ccc(F)c(NS(C)(=O)=O)c1)c1cccnc1. The van der Waals surface area contributed by atoms with Gasteiger partial charge in [0, 0.05) is 18.1 Å². The van der Waals surface area contributed by atoms with E-state index in [-0.39, 0.29) is 11.7 Å². The summed E-state index contributed by atoms with van der Waals surface area (Å²) in [7, 11) is -3.52. The van der Waals surface area contributed by atoms with E-state index >= 15 is 0 Å². The maximum absolute atomic E-state index is 13.6. The summed E-state index contributed by atoms with van der Waals surface area (Å²) in [5.74, 6) is -0.625. The largest absolute Gasteiger partial charge is 0.378 e. The van der Waals surface area contributed by atoms with Gasteiger partial charge in [0.1, 0.15) is 5.82 Å². The van der Waals surface area contributed by atoms with Gasteiger partial charge in [0.05, 0.1) is 18.0 Å². The summed E-state index contributed by atoms with van der Waals surface area (Å²) in [6.45, 7) is 1.93. The van der Waals surface area contributed by atoms with E-state index in [9.17, 15) is 12.8 Å². The molecule has 0 radical (unpaired) electrons. The van der Waals surface area contributed by atoms with Gasteiger partial charge in [-0.2, -0.15) is 0 Å². The zero-order chi connectivity index (χ0) is 15.5. The van der Waals surface area contributed by atoms with Crippen LogP contribution in [0.3, 0.4) is 0 Å². The van der Waals surface area contributed by atoms with Crippen molar-refractivity contribution in [1.82, 2.24) is 4.98 Å². The van der Waals surface area contributed by atoms with E-state index in [1.165, 1.54) is 12.1 Å². The van der Waals surface area contributed by atoms with Crippen LogP contribution in [0.25, 0.3) is 0 Å². The molecule has 0 spiro atoms. The molecule has 2 rings (SSSR count). The van der Waals surface area contributed by atoms with Gasteiger partial charge in [0.15, 0.2) is 0 Å². The normalized spacial score (nSPS) is 12.7. The molecule has 2 N–H and O–H groups in total. The highest BCUT2D eigenvalue weighted by Gasteiger charge is 2.10. The number of nitrogens with zero attached hydrogens (tertiary/aromatic N) is 1. The van der Waals surface area contributed by atoms with Gasteiger partial charge in [0.2, 0.25) is 10.0 Å². The van der Waals surface area contributed by atoms with Gasteiger partial charge in [-0.1, -0.05) is 6.07 Å². The first-order chi connectivity index (χ1) is 9.85. The van der Waals surface area contributed by atoms with Crippen molar-refractivity contribution >= 4 is 21.4 Å². The average Bonchev–Trinajstić information content (AvgIpc) is 2.42. The van der Waals surface area contributed by atoms with Crippen LogP contribution in [0.1, 0.15) is 18.5 Å². The molecule has 2 aromatic rings. The molecule has 21 heavy (non-hydrogen) atoms. The van der Waals surface area contributed by atoms with Crippen molar-refractivity contribution in [3.63, 3.8) is 0 Å². The van der Waals surface area contributed by atoms with Crippen molar-refractivity contribution in [3.8, 4) is 0 Å². The molecule has 0 saturated carbocycles. The number of halogens is 1. The second-order valence-corrected chi connectivity index (χ2v) is 6.47. The molecule has 0 bridgehead atoms. The van der Waals surface area contributed by atoms with Crippen LogP contribution in [0.2, 0.25) is 0 Å². The summed E-state index contributed by atoms with van der Waals surface area (Å²) < 4.78 is 38.1. The number of anilines is 2. The number of rotatable bonds is 5. The molecule has 0 saturated heterocycles. The maximum Gasteiger partial charge on any atom is 0.229 e. The van der Waals surface area contributed by atoms with Gasteiger partial charge >= 0.3 is 0 Å². The van der Waals surface area contributed by atoms with Crippen LogP contribution in [0.5, 0.6) is 0 Å². The molecule has 0 aliphatic heterocycles. The van der Waals surface area contributed by atoms with Crippen LogP contribution in [-0.2, 0) is 10.0 Å². The third-order valence-corrected chi connectivity index (χ3v) is 3.42. The van der Waals surface area contributed by atoms with Crippen LogP contribution < -0.4 is 10.0 Å². The first kappa shape index (κ1) is 15.2. The van der Waals surface area contributed by atoms with Gasteiger partial charge in [0.25, 0.3) is 0 Å². The zero-order valence-corrected chi connectivity index (χ0v) is 12.5. The Labute approximate surface area is 123 Å². The smallest absolute Gasteiger partial charge is 0.229 e. The molecular weight excluding hydrogens is 293 g/mol. The van der Waals surface area contributed by atoms with Gasteiger partial charge < -0.3 is 5.32 Å². The Balaban J connectivity index is 2.19. The first-order valence-corrected chi connectivity index (χ1v) is 8.18. The van der Waals surface area contributed by atoms with Crippen molar-refractivity contribution < 1.29 is 12.8 Å². The number of aromatic nitrogens is 1. The summed E-state index contributed by atoms with van der Waals surface area (Å²) in [6.07, 6.45) is 4.39. The Bertz CT molecular complexity index is 720. The van der Waals surface area contributed by atoms with Crippen LogP contribution in [0.4, 0.5) is 15.8 Å². The van der Waals surface area contributed by atoms with E-state index < -0.39 is 15.8 Å². The van der Waals surface area contributed by atoms with E-state index in [2.05, 4.69) is 15.0 Å². The van der Waals surface area contributed by atoms with Crippen molar-refractivity contribution in [2.45, 2.75) is 13.0 Å². The van der Waals surface area contributed by atoms with E-state index in [0.29, 0.717) is 5.69 Å². The van der Waals surface area contributed by atoms with Crippen molar-refractivity contribution in [3.05, 3.63) is 54.1 Å². The van der Waals surface area contributed by atoms with Crippen LogP contribution >= 0.6 is 0 Å². The molecule has 7 heteroatoms. The lowest BCUT2D eigenvalue weighted by atomic mass is 10.1. The molecular formula is C14H16FN3O2S. The highest BCUT2D eigenvalue weighted by molar-refractivity contribution is 7.92. The fourth-order valence-corrected chi connectivity index (χ4v) is 2.41. The lowest BCUT2D eigenvalue weighted by Crippen LogP contribution is -2.12. The average molecular weight is 309 g/mol. The fourth-order valence-electron chi connectivity index (χ4n) is 1.86. The van der Waals surface area contributed by atoms with E-state index in [4.69, 9.17) is 0 Å². The van der Waals surface area contributed by atoms with Crippen molar-refractivity contribution in [1.29, 1.82) is 0 Å². The molecule has 0 aliphatic carbocycles. The minimum Gasteiger partial charge on any atom is -0.378 e. The number of nitrogens with one attached hydrogen (secondary N) is 2. The minimum atomic E-state index is -3.52. The summed E-state index contributed by atoms with van der Waals surface area (Å²) in [5, 5.41) is 3.17. The second-order valence-electron chi connectivity index (χ2n) is 4.72. The highest BCUT2D eigenvalue weighted by atomic mass is 32.2. The molecule has 5 nitrogen and oxygen atoms in total. The van der Waals surface area contributed by atoms with Crippen LogP contribution in [0.15, 0.2) is 42.7 Å². The molecule has 1 aromatic carbocycles. The zero-order valence-electron chi connectivity index (χ0n) is 11.7. The van der Waals surface area contributed by atoms with Crippen molar-refractivity contribution in [2.75, 3.05) is 16.3 Å². The quantitative estimate of drug-likeness (QED) is 0.891. The van der Waals surface area contributed by atoms with Gasteiger partial charge in [-0.05, 0) is 36.8 Å². The monoisotopic (exact) mass is 309 g/mol. The van der Waals surface area contributed by atoms with Gasteiger partial charge in [-0.3, -0.25) is 9.71 Å². The molecule has 0 fully saturated rings. The van der Waals surface area contributed by atoms with Gasteiger partial charge in [-0.25, -0.2) is 12.8 Å². The standard InChI is InChI=1S/C14H16FN3O2S/c1-10(11-4-3-7-16-9-11)17-12-5-6-13(15)14(8-12)18-21(2,19)20/h3-10,17-18H,1-2H3. The Kier molecular flexibility index (Phi) is 4.42. The van der Waals surface area contributed by atoms with Crippen molar-refractivity contribution in [2.24, 2.45) is 0 Å². The lowest BCUT2D eigenvalue weighted by Gasteiger charge is -2.16. The Morgan fingerprint density at radius 3 is 2.67 bits per heavy atom. The maximum atomic E-state index is 13.6. The van der Waals surface area contributed by atoms with E-state index in [1.807, 2.05) is 19.1 Å². The number of hydrogen-bond acceptors (Lipinski definition) is 4. The lowest BCUT2D eigenvalue weighted by molar-refractivity contribution is 0.604. The topological polar surface area (TPSA) is 71.1 Å². The minimum absolute atomic E-state index is 0.0461. The summed E-state index contributed by atoms with van der Waals surface area (Å²) in [4.78, 5) is 4.04. The van der Waals surface area contributed by atoms with E-state index in [1.54, 1.807) is 18.5 Å². The predicted molar refractivity (Wildman–Crippen MR) is 81.1 cm³/mol. The van der Waals surface area contributed by atoms with Crippen LogP contribution in [0, 0.1) is 5.82 Å². The third-order valence-electron chi connectivity index (χ3n) is 2.83. The summed E-state index contributed by atoms with van der Waals surface area (Å²) in [6, 6.07) is 7.89. The van der Waals surface area contributed by atoms with Gasteiger partial charge in [-0.15, -0.1) is 0 Å². The first-order valence-electron chi connectivity index (χ1n) is 6.29. The molecule has 1 atom stereocenters. The molecule has 1 heterocycles. The number of sulfonamides is 1.